The summed E-state index contributed by atoms with van der Waals surface area (Å²) in [5.74, 6) is 0.172. The zero-order valence-electron chi connectivity index (χ0n) is 13.4. The normalized spacial score (nSPS) is 19.3. The molecule has 0 aromatic heterocycles. The third kappa shape index (κ3) is 4.79. The van der Waals surface area contributed by atoms with Gasteiger partial charge < -0.3 is 10.2 Å². The Hall–Kier alpha value is -1.89. The largest absolute Gasteiger partial charge is 0.385 e. The first-order valence-corrected chi connectivity index (χ1v) is 9.41. The van der Waals surface area contributed by atoms with Gasteiger partial charge in [0.05, 0.1) is 11.5 Å². The molecule has 23 heavy (non-hydrogen) atoms. The van der Waals surface area contributed by atoms with E-state index in [-0.39, 0.29) is 29.2 Å². The maximum atomic E-state index is 12.1. The minimum atomic E-state index is -2.99. The molecule has 1 aromatic rings. The molecule has 126 valence electrons. The van der Waals surface area contributed by atoms with Crippen molar-refractivity contribution in [3.8, 4) is 0 Å². The number of carbonyl (C=O) groups is 2. The van der Waals surface area contributed by atoms with Crippen LogP contribution in [0.15, 0.2) is 24.3 Å². The molecule has 1 N–H and O–H groups in total. The quantitative estimate of drug-likeness (QED) is 0.791. The van der Waals surface area contributed by atoms with Crippen molar-refractivity contribution in [2.24, 2.45) is 0 Å². The number of Topliss-reactive ketones (excluding diaryl/α,β-unsaturated/α-hetero) is 1. The number of hydrogen-bond donors (Lipinski definition) is 1. The second-order valence-electron chi connectivity index (χ2n) is 5.87. The van der Waals surface area contributed by atoms with Gasteiger partial charge in [0.1, 0.15) is 0 Å². The van der Waals surface area contributed by atoms with E-state index >= 15 is 0 Å². The number of hydrogen-bond acceptors (Lipinski definition) is 5. The standard InChI is InChI=1S/C16H22N2O4S/c1-12(19)13-3-5-14(6-4-13)17-9-7-16(20)18(2)15-8-10-23(21,22)11-15/h3-6,15,17H,7-11H2,1-2H3. The summed E-state index contributed by atoms with van der Waals surface area (Å²) in [6, 6.07) is 6.87. The fraction of sp³-hybridized carbons (Fsp3) is 0.500. The van der Waals surface area contributed by atoms with E-state index in [1.807, 2.05) is 0 Å². The Morgan fingerprint density at radius 2 is 1.91 bits per heavy atom. The van der Waals surface area contributed by atoms with Crippen molar-refractivity contribution in [3.05, 3.63) is 29.8 Å². The molecule has 1 aliphatic heterocycles. The van der Waals surface area contributed by atoms with Crippen LogP contribution in [0.3, 0.4) is 0 Å². The molecule has 1 aromatic carbocycles. The molecule has 0 aliphatic carbocycles. The van der Waals surface area contributed by atoms with Gasteiger partial charge in [-0.05, 0) is 37.6 Å². The predicted molar refractivity (Wildman–Crippen MR) is 89.4 cm³/mol. The van der Waals surface area contributed by atoms with Crippen molar-refractivity contribution >= 4 is 27.2 Å². The minimum absolute atomic E-state index is 0.0138. The molecule has 1 heterocycles. The summed E-state index contributed by atoms with van der Waals surface area (Å²) >= 11 is 0. The number of amides is 1. The Balaban J connectivity index is 1.79. The van der Waals surface area contributed by atoms with Crippen molar-refractivity contribution in [3.63, 3.8) is 0 Å². The van der Waals surface area contributed by atoms with Gasteiger partial charge in [-0.2, -0.15) is 0 Å². The average Bonchev–Trinajstić information content (AvgIpc) is 2.87. The molecule has 1 aliphatic rings. The average molecular weight is 338 g/mol. The lowest BCUT2D eigenvalue weighted by molar-refractivity contribution is -0.131. The lowest BCUT2D eigenvalue weighted by Gasteiger charge is -2.23. The maximum Gasteiger partial charge on any atom is 0.224 e. The second kappa shape index (κ2) is 7.12. The third-order valence-electron chi connectivity index (χ3n) is 4.11. The molecule has 1 atom stereocenters. The summed E-state index contributed by atoms with van der Waals surface area (Å²) in [5.41, 5.74) is 1.49. The number of nitrogens with one attached hydrogen (secondary N) is 1. The van der Waals surface area contributed by atoms with E-state index in [0.29, 0.717) is 24.9 Å². The third-order valence-corrected chi connectivity index (χ3v) is 5.86. The van der Waals surface area contributed by atoms with Crippen LogP contribution >= 0.6 is 0 Å². The monoisotopic (exact) mass is 338 g/mol. The smallest absolute Gasteiger partial charge is 0.224 e. The van der Waals surface area contributed by atoms with Crippen LogP contribution in [0.2, 0.25) is 0 Å². The summed E-state index contributed by atoms with van der Waals surface area (Å²) in [4.78, 5) is 24.9. The summed E-state index contributed by atoms with van der Waals surface area (Å²) in [5, 5.41) is 3.13. The van der Waals surface area contributed by atoms with E-state index in [0.717, 1.165) is 5.69 Å². The topological polar surface area (TPSA) is 83.6 Å². The zero-order valence-corrected chi connectivity index (χ0v) is 14.2. The Morgan fingerprint density at radius 3 is 2.43 bits per heavy atom. The molecule has 0 bridgehead atoms. The number of benzene rings is 1. The first kappa shape index (κ1) is 17.5. The van der Waals surface area contributed by atoms with Crippen LogP contribution in [0, 0.1) is 0 Å². The van der Waals surface area contributed by atoms with Gasteiger partial charge in [0, 0.05) is 37.3 Å². The fourth-order valence-corrected chi connectivity index (χ4v) is 4.37. The molecular formula is C16H22N2O4S. The van der Waals surface area contributed by atoms with Crippen LogP contribution in [0.1, 0.15) is 30.1 Å². The van der Waals surface area contributed by atoms with Gasteiger partial charge >= 0.3 is 0 Å². The number of sulfone groups is 1. The molecule has 0 radical (unpaired) electrons. The van der Waals surface area contributed by atoms with Crippen molar-refractivity contribution in [2.45, 2.75) is 25.8 Å². The van der Waals surface area contributed by atoms with Gasteiger partial charge in [0.2, 0.25) is 5.91 Å². The first-order valence-electron chi connectivity index (χ1n) is 7.59. The molecule has 1 unspecified atom stereocenters. The Morgan fingerprint density at radius 1 is 1.26 bits per heavy atom. The summed E-state index contributed by atoms with van der Waals surface area (Å²) in [6.45, 7) is 1.97. The number of nitrogens with zero attached hydrogens (tertiary/aromatic N) is 1. The van der Waals surface area contributed by atoms with Gasteiger partial charge in [0.25, 0.3) is 0 Å². The Kier molecular flexibility index (Phi) is 5.41. The van der Waals surface area contributed by atoms with Crippen molar-refractivity contribution in [1.82, 2.24) is 4.90 Å². The first-order chi connectivity index (χ1) is 10.8. The minimum Gasteiger partial charge on any atom is -0.385 e. The van der Waals surface area contributed by atoms with Gasteiger partial charge in [0.15, 0.2) is 15.6 Å². The summed E-state index contributed by atoms with van der Waals surface area (Å²) in [6.07, 6.45) is 0.812. The van der Waals surface area contributed by atoms with Crippen LogP contribution in [-0.2, 0) is 14.6 Å². The molecule has 1 amide bonds. The molecule has 1 saturated heterocycles. The summed E-state index contributed by atoms with van der Waals surface area (Å²) < 4.78 is 22.9. The fourth-order valence-electron chi connectivity index (χ4n) is 2.60. The van der Waals surface area contributed by atoms with Crippen LogP contribution in [-0.4, -0.2) is 56.1 Å². The number of anilines is 1. The van der Waals surface area contributed by atoms with Crippen LogP contribution in [0.4, 0.5) is 5.69 Å². The van der Waals surface area contributed by atoms with E-state index in [2.05, 4.69) is 5.32 Å². The van der Waals surface area contributed by atoms with Crippen molar-refractivity contribution in [2.75, 3.05) is 30.4 Å². The van der Waals surface area contributed by atoms with Crippen LogP contribution in [0.25, 0.3) is 0 Å². The molecule has 1 fully saturated rings. The molecule has 0 spiro atoms. The Labute approximate surface area is 136 Å². The Bertz CT molecular complexity index is 683. The molecule has 0 saturated carbocycles. The van der Waals surface area contributed by atoms with E-state index < -0.39 is 9.84 Å². The predicted octanol–water partition coefficient (Wildman–Crippen LogP) is 1.34. The van der Waals surface area contributed by atoms with Gasteiger partial charge in [-0.15, -0.1) is 0 Å². The van der Waals surface area contributed by atoms with Crippen LogP contribution < -0.4 is 5.32 Å². The number of ketones is 1. The highest BCUT2D eigenvalue weighted by Crippen LogP contribution is 2.17. The molecule has 7 heteroatoms. The van der Waals surface area contributed by atoms with Gasteiger partial charge in [-0.1, -0.05) is 0 Å². The SMILES string of the molecule is CC(=O)c1ccc(NCCC(=O)N(C)C2CCS(=O)(=O)C2)cc1. The highest BCUT2D eigenvalue weighted by atomic mass is 32.2. The van der Waals surface area contributed by atoms with E-state index in [1.54, 1.807) is 36.2 Å². The molecule has 2 rings (SSSR count). The highest BCUT2D eigenvalue weighted by Gasteiger charge is 2.32. The second-order valence-corrected chi connectivity index (χ2v) is 8.10. The van der Waals surface area contributed by atoms with Crippen molar-refractivity contribution < 1.29 is 18.0 Å². The molecular weight excluding hydrogens is 316 g/mol. The van der Waals surface area contributed by atoms with Gasteiger partial charge in [-0.3, -0.25) is 9.59 Å². The highest BCUT2D eigenvalue weighted by molar-refractivity contribution is 7.91. The number of carbonyl (C=O) groups excluding carboxylic acids is 2. The lowest BCUT2D eigenvalue weighted by Crippen LogP contribution is -2.38. The van der Waals surface area contributed by atoms with Crippen LogP contribution in [0.5, 0.6) is 0 Å². The summed E-state index contributed by atoms with van der Waals surface area (Å²) in [7, 11) is -1.32. The van der Waals surface area contributed by atoms with E-state index in [9.17, 15) is 18.0 Å². The van der Waals surface area contributed by atoms with E-state index in [4.69, 9.17) is 0 Å². The lowest BCUT2D eigenvalue weighted by atomic mass is 10.1. The maximum absolute atomic E-state index is 12.1. The van der Waals surface area contributed by atoms with Gasteiger partial charge in [-0.25, -0.2) is 8.42 Å². The van der Waals surface area contributed by atoms with E-state index in [1.165, 1.54) is 6.92 Å². The zero-order chi connectivity index (χ0) is 17.0. The molecule has 6 nitrogen and oxygen atoms in total. The van der Waals surface area contributed by atoms with Crippen molar-refractivity contribution in [1.29, 1.82) is 0 Å². The number of rotatable bonds is 6.